The monoisotopic (exact) mass is 397 g/mol. The third-order valence-corrected chi connectivity index (χ3v) is 5.01. The van der Waals surface area contributed by atoms with E-state index in [-0.39, 0.29) is 23.1 Å². The van der Waals surface area contributed by atoms with Gasteiger partial charge in [-0.05, 0) is 39.7 Å². The molecule has 1 unspecified atom stereocenters. The third kappa shape index (κ3) is 4.71. The molecule has 1 aromatic heterocycles. The van der Waals surface area contributed by atoms with Gasteiger partial charge in [0.2, 0.25) is 5.91 Å². The van der Waals surface area contributed by atoms with Crippen LogP contribution < -0.4 is 5.32 Å². The second kappa shape index (κ2) is 7.38. The van der Waals surface area contributed by atoms with E-state index in [1.54, 1.807) is 20.8 Å². The number of thiazole rings is 1. The number of nitrogens with one attached hydrogen (secondary N) is 1. The molecule has 0 aliphatic carbocycles. The van der Waals surface area contributed by atoms with E-state index < -0.39 is 29.2 Å². The Morgan fingerprint density at radius 3 is 2.78 bits per heavy atom. The predicted octanol–water partition coefficient (Wildman–Crippen LogP) is 4.16. The third-order valence-electron chi connectivity index (χ3n) is 4.09. The standard InChI is InChI=1S/C18H21F2N3O3S/c1-18(2,3)26-17(25)23-6-4-5-10(9-23)15(24)22-16-21-14-12(20)7-11(19)8-13(14)27-16/h7-8,10H,4-6,9H2,1-3H3,(H,21,22,24). The summed E-state index contributed by atoms with van der Waals surface area (Å²) in [4.78, 5) is 30.3. The molecule has 1 aromatic carbocycles. The summed E-state index contributed by atoms with van der Waals surface area (Å²) in [6.45, 7) is 6.13. The number of rotatable bonds is 2. The molecule has 0 radical (unpaired) electrons. The Kier molecular flexibility index (Phi) is 5.32. The number of carbonyl (C=O) groups is 2. The normalized spacial score (nSPS) is 17.8. The number of fused-ring (bicyclic) bond motifs is 1. The van der Waals surface area contributed by atoms with Gasteiger partial charge in [-0.15, -0.1) is 0 Å². The van der Waals surface area contributed by atoms with Crippen molar-refractivity contribution in [1.29, 1.82) is 0 Å². The number of nitrogens with zero attached hydrogens (tertiary/aromatic N) is 2. The van der Waals surface area contributed by atoms with Crippen molar-refractivity contribution in [2.75, 3.05) is 18.4 Å². The molecule has 9 heteroatoms. The average molecular weight is 397 g/mol. The molecule has 1 aliphatic rings. The first-order valence-electron chi connectivity index (χ1n) is 8.67. The minimum atomic E-state index is -0.768. The molecule has 27 heavy (non-hydrogen) atoms. The minimum absolute atomic E-state index is 0.0238. The summed E-state index contributed by atoms with van der Waals surface area (Å²) >= 11 is 1.00. The zero-order chi connectivity index (χ0) is 19.8. The van der Waals surface area contributed by atoms with Crippen molar-refractivity contribution in [3.63, 3.8) is 0 Å². The van der Waals surface area contributed by atoms with E-state index in [9.17, 15) is 18.4 Å². The van der Waals surface area contributed by atoms with Crippen molar-refractivity contribution in [2.45, 2.75) is 39.2 Å². The van der Waals surface area contributed by atoms with Gasteiger partial charge in [0.05, 0.1) is 10.6 Å². The van der Waals surface area contributed by atoms with Crippen LogP contribution in [0.2, 0.25) is 0 Å². The number of benzene rings is 1. The van der Waals surface area contributed by atoms with Crippen molar-refractivity contribution in [3.8, 4) is 0 Å². The molecular weight excluding hydrogens is 376 g/mol. The number of likely N-dealkylation sites (tertiary alicyclic amines) is 1. The van der Waals surface area contributed by atoms with Crippen LogP contribution in [-0.2, 0) is 9.53 Å². The van der Waals surface area contributed by atoms with Crippen LogP contribution in [0.15, 0.2) is 12.1 Å². The summed E-state index contributed by atoms with van der Waals surface area (Å²) in [5, 5.41) is 2.86. The number of ether oxygens (including phenoxy) is 1. The highest BCUT2D eigenvalue weighted by Gasteiger charge is 2.31. The maximum atomic E-state index is 13.8. The van der Waals surface area contributed by atoms with Gasteiger partial charge in [0.15, 0.2) is 10.9 Å². The van der Waals surface area contributed by atoms with E-state index in [1.165, 1.54) is 11.0 Å². The molecule has 0 bridgehead atoms. The summed E-state index contributed by atoms with van der Waals surface area (Å²) in [5.41, 5.74) is -0.581. The second-order valence-corrected chi connectivity index (χ2v) is 8.54. The molecule has 1 atom stereocenters. The Labute approximate surface area is 159 Å². The SMILES string of the molecule is CC(C)(C)OC(=O)N1CCCC(C(=O)Nc2nc3c(F)cc(F)cc3s2)C1. The zero-order valence-corrected chi connectivity index (χ0v) is 16.2. The van der Waals surface area contributed by atoms with Crippen molar-refractivity contribution >= 4 is 38.7 Å². The molecule has 2 amide bonds. The van der Waals surface area contributed by atoms with E-state index in [0.29, 0.717) is 24.1 Å². The maximum absolute atomic E-state index is 13.8. The number of hydrogen-bond acceptors (Lipinski definition) is 5. The second-order valence-electron chi connectivity index (χ2n) is 7.51. The van der Waals surface area contributed by atoms with Gasteiger partial charge >= 0.3 is 6.09 Å². The van der Waals surface area contributed by atoms with E-state index >= 15 is 0 Å². The van der Waals surface area contributed by atoms with E-state index in [4.69, 9.17) is 4.74 Å². The lowest BCUT2D eigenvalue weighted by atomic mass is 9.97. The number of amides is 2. The van der Waals surface area contributed by atoms with Crippen LogP contribution in [0.25, 0.3) is 10.2 Å². The summed E-state index contributed by atoms with van der Waals surface area (Å²) < 4.78 is 32.7. The predicted molar refractivity (Wildman–Crippen MR) is 98.7 cm³/mol. The number of carbonyl (C=O) groups excluding carboxylic acids is 2. The van der Waals surface area contributed by atoms with Crippen molar-refractivity contribution in [3.05, 3.63) is 23.8 Å². The van der Waals surface area contributed by atoms with Gasteiger partial charge in [0.1, 0.15) is 16.9 Å². The first-order valence-corrected chi connectivity index (χ1v) is 9.48. The van der Waals surface area contributed by atoms with Crippen LogP contribution >= 0.6 is 11.3 Å². The van der Waals surface area contributed by atoms with Gasteiger partial charge in [0.25, 0.3) is 0 Å². The van der Waals surface area contributed by atoms with Crippen LogP contribution in [0.3, 0.4) is 0 Å². The Morgan fingerprint density at radius 2 is 2.07 bits per heavy atom. The summed E-state index contributed by atoms with van der Waals surface area (Å²) in [5.74, 6) is -2.18. The molecular formula is C18H21F2N3O3S. The van der Waals surface area contributed by atoms with Crippen molar-refractivity contribution in [1.82, 2.24) is 9.88 Å². The van der Waals surface area contributed by atoms with Crippen LogP contribution in [0, 0.1) is 17.6 Å². The fourth-order valence-electron chi connectivity index (χ4n) is 2.90. The molecule has 3 rings (SSSR count). The molecule has 1 saturated heterocycles. The van der Waals surface area contributed by atoms with Crippen molar-refractivity contribution < 1.29 is 23.1 Å². The van der Waals surface area contributed by atoms with Gasteiger partial charge in [-0.3, -0.25) is 4.79 Å². The highest BCUT2D eigenvalue weighted by molar-refractivity contribution is 7.22. The molecule has 2 aromatic rings. The Hall–Kier alpha value is -2.29. The van der Waals surface area contributed by atoms with Crippen LogP contribution in [0.5, 0.6) is 0 Å². The molecule has 1 fully saturated rings. The smallest absolute Gasteiger partial charge is 0.410 e. The highest BCUT2D eigenvalue weighted by Crippen LogP contribution is 2.29. The lowest BCUT2D eigenvalue weighted by Gasteiger charge is -2.33. The van der Waals surface area contributed by atoms with E-state index in [0.717, 1.165) is 17.4 Å². The molecule has 0 saturated carbocycles. The number of piperidine rings is 1. The van der Waals surface area contributed by atoms with Gasteiger partial charge in [-0.2, -0.15) is 0 Å². The first kappa shape index (κ1) is 19.5. The largest absolute Gasteiger partial charge is 0.444 e. The molecule has 1 aliphatic heterocycles. The highest BCUT2D eigenvalue weighted by atomic mass is 32.1. The summed E-state index contributed by atoms with van der Waals surface area (Å²) in [6, 6.07) is 1.93. The Bertz CT molecular complexity index is 879. The quantitative estimate of drug-likeness (QED) is 0.826. The van der Waals surface area contributed by atoms with Gasteiger partial charge in [-0.25, -0.2) is 18.6 Å². The zero-order valence-electron chi connectivity index (χ0n) is 15.3. The number of halogens is 2. The molecule has 146 valence electrons. The Morgan fingerprint density at radius 1 is 1.33 bits per heavy atom. The molecule has 1 N–H and O–H groups in total. The lowest BCUT2D eigenvalue weighted by Crippen LogP contribution is -2.45. The van der Waals surface area contributed by atoms with Gasteiger partial charge in [0, 0.05) is 19.2 Å². The Balaban J connectivity index is 1.67. The number of hydrogen-bond donors (Lipinski definition) is 1. The van der Waals surface area contributed by atoms with E-state index in [1.807, 2.05) is 0 Å². The summed E-state index contributed by atoms with van der Waals surface area (Å²) in [6.07, 6.45) is 0.855. The average Bonchev–Trinajstić information content (AvgIpc) is 2.96. The van der Waals surface area contributed by atoms with Crippen LogP contribution in [0.4, 0.5) is 18.7 Å². The van der Waals surface area contributed by atoms with E-state index in [2.05, 4.69) is 10.3 Å². The fraction of sp³-hybridized carbons (Fsp3) is 0.500. The minimum Gasteiger partial charge on any atom is -0.444 e. The molecule has 6 nitrogen and oxygen atoms in total. The van der Waals surface area contributed by atoms with Gasteiger partial charge < -0.3 is 15.0 Å². The summed E-state index contributed by atoms with van der Waals surface area (Å²) in [7, 11) is 0. The fourth-order valence-corrected chi connectivity index (χ4v) is 3.81. The lowest BCUT2D eigenvalue weighted by molar-refractivity contribution is -0.121. The molecule has 2 heterocycles. The van der Waals surface area contributed by atoms with Crippen LogP contribution in [0.1, 0.15) is 33.6 Å². The number of aromatic nitrogens is 1. The first-order chi connectivity index (χ1) is 12.6. The molecule has 0 spiro atoms. The maximum Gasteiger partial charge on any atom is 0.410 e. The van der Waals surface area contributed by atoms with Crippen LogP contribution in [-0.4, -0.2) is 40.6 Å². The van der Waals surface area contributed by atoms with Crippen molar-refractivity contribution in [2.24, 2.45) is 5.92 Å². The topological polar surface area (TPSA) is 71.5 Å². The van der Waals surface area contributed by atoms with Gasteiger partial charge in [-0.1, -0.05) is 11.3 Å². The number of anilines is 1.